The highest BCUT2D eigenvalue weighted by Crippen LogP contribution is 2.46. The predicted molar refractivity (Wildman–Crippen MR) is 124 cm³/mol. The maximum atomic E-state index is 14.0. The second-order valence-corrected chi connectivity index (χ2v) is 9.04. The Morgan fingerprint density at radius 3 is 2.39 bits per heavy atom. The number of hydrogen-bond acceptors (Lipinski definition) is 5. The lowest BCUT2D eigenvalue weighted by Gasteiger charge is -2.34. The van der Waals surface area contributed by atoms with Crippen molar-refractivity contribution in [2.75, 3.05) is 38.6 Å². The van der Waals surface area contributed by atoms with Gasteiger partial charge in [-0.05, 0) is 35.9 Å². The Hall–Kier alpha value is -3.12. The van der Waals surface area contributed by atoms with Gasteiger partial charge in [0, 0.05) is 43.1 Å². The molecule has 2 aliphatic rings. The molecule has 4 rings (SSSR count). The van der Waals surface area contributed by atoms with Gasteiger partial charge in [-0.15, -0.1) is 0 Å². The lowest BCUT2D eigenvalue weighted by atomic mass is 9.80. The van der Waals surface area contributed by atoms with Crippen LogP contribution in [0.5, 0.6) is 0 Å². The van der Waals surface area contributed by atoms with E-state index in [9.17, 15) is 14.4 Å². The molecular formula is C23H21Cl2N5O3. The van der Waals surface area contributed by atoms with E-state index in [1.165, 1.54) is 23.1 Å². The van der Waals surface area contributed by atoms with E-state index in [4.69, 9.17) is 28.5 Å². The maximum absolute atomic E-state index is 14.0. The quantitative estimate of drug-likeness (QED) is 0.671. The number of anilines is 1. The van der Waals surface area contributed by atoms with E-state index in [0.29, 0.717) is 22.2 Å². The van der Waals surface area contributed by atoms with Crippen molar-refractivity contribution in [3.63, 3.8) is 0 Å². The summed E-state index contributed by atoms with van der Waals surface area (Å²) in [5.41, 5.74) is 0.334. The second kappa shape index (κ2) is 8.67. The van der Waals surface area contributed by atoms with Gasteiger partial charge in [0.2, 0.25) is 5.91 Å². The van der Waals surface area contributed by atoms with Gasteiger partial charge in [-0.1, -0.05) is 35.3 Å². The molecular weight excluding hydrogens is 465 g/mol. The minimum Gasteiger partial charge on any atom is -0.358 e. The first-order valence-corrected chi connectivity index (χ1v) is 11.0. The van der Waals surface area contributed by atoms with Crippen LogP contribution in [0, 0.1) is 11.3 Å². The second-order valence-electron chi connectivity index (χ2n) is 8.16. The zero-order valence-electron chi connectivity index (χ0n) is 18.0. The number of nitrogens with zero attached hydrogens (tertiary/aromatic N) is 4. The molecule has 10 heteroatoms. The zero-order chi connectivity index (χ0) is 23.9. The Bertz CT molecular complexity index is 1160. The van der Waals surface area contributed by atoms with Gasteiger partial charge in [0.1, 0.15) is 5.54 Å². The molecule has 0 unspecified atom stereocenters. The van der Waals surface area contributed by atoms with E-state index >= 15 is 0 Å². The summed E-state index contributed by atoms with van der Waals surface area (Å²) in [7, 11) is 3.14. The van der Waals surface area contributed by atoms with Gasteiger partial charge in [0.25, 0.3) is 5.91 Å². The van der Waals surface area contributed by atoms with Crippen LogP contribution >= 0.6 is 23.2 Å². The molecule has 2 atom stereocenters. The first-order valence-electron chi connectivity index (χ1n) is 10.2. The van der Waals surface area contributed by atoms with Crippen LogP contribution in [0.25, 0.3) is 0 Å². The molecule has 0 aliphatic carbocycles. The maximum Gasteiger partial charge on any atom is 0.332 e. The van der Waals surface area contributed by atoms with Crippen molar-refractivity contribution < 1.29 is 14.4 Å². The number of urea groups is 1. The molecule has 2 aromatic rings. The van der Waals surface area contributed by atoms with Crippen molar-refractivity contribution in [2.45, 2.75) is 11.5 Å². The topological polar surface area (TPSA) is 96.7 Å². The third-order valence-electron chi connectivity index (χ3n) is 6.33. The molecule has 2 heterocycles. The smallest absolute Gasteiger partial charge is 0.332 e. The van der Waals surface area contributed by atoms with Gasteiger partial charge < -0.3 is 10.2 Å². The average Bonchev–Trinajstić information content (AvgIpc) is 3.25. The number of nitriles is 1. The van der Waals surface area contributed by atoms with Crippen LogP contribution in [-0.2, 0) is 9.59 Å². The number of halogens is 2. The Kier molecular flexibility index (Phi) is 6.06. The lowest BCUT2D eigenvalue weighted by molar-refractivity contribution is -0.125. The SMILES string of the molecule is CNC(=O)CN1C[C@@H](c2ccc(C#N)cc2)[C@]2(C1)C(=O)N(c1cc(Cl)cc(Cl)c1)C(=O)N2C. The number of likely N-dealkylation sites (N-methyl/N-ethyl adjacent to an activating group) is 2. The number of likely N-dealkylation sites (tertiary alicyclic amines) is 1. The van der Waals surface area contributed by atoms with E-state index in [0.717, 1.165) is 10.5 Å². The van der Waals surface area contributed by atoms with Gasteiger partial charge in [-0.25, -0.2) is 9.69 Å². The number of carbonyl (C=O) groups is 3. The average molecular weight is 486 g/mol. The molecule has 0 aromatic heterocycles. The Morgan fingerprint density at radius 2 is 1.82 bits per heavy atom. The highest BCUT2D eigenvalue weighted by atomic mass is 35.5. The van der Waals surface area contributed by atoms with E-state index < -0.39 is 23.4 Å². The summed E-state index contributed by atoms with van der Waals surface area (Å²) in [5, 5.41) is 12.4. The van der Waals surface area contributed by atoms with E-state index in [1.54, 1.807) is 38.4 Å². The Labute approximate surface area is 201 Å². The zero-order valence-corrected chi connectivity index (χ0v) is 19.5. The van der Waals surface area contributed by atoms with Crippen LogP contribution in [0.15, 0.2) is 42.5 Å². The largest absolute Gasteiger partial charge is 0.358 e. The monoisotopic (exact) mass is 485 g/mol. The molecule has 0 bridgehead atoms. The van der Waals surface area contributed by atoms with Gasteiger partial charge in [-0.3, -0.25) is 14.5 Å². The summed E-state index contributed by atoms with van der Waals surface area (Å²) in [5.74, 6) is -1.03. The number of imide groups is 1. The van der Waals surface area contributed by atoms with Gasteiger partial charge in [0.15, 0.2) is 0 Å². The molecule has 1 spiro atoms. The van der Waals surface area contributed by atoms with E-state index in [1.807, 2.05) is 4.90 Å². The van der Waals surface area contributed by atoms with Gasteiger partial charge in [0.05, 0.1) is 23.9 Å². The number of carbonyl (C=O) groups excluding carboxylic acids is 3. The molecule has 2 aromatic carbocycles. The van der Waals surface area contributed by atoms with Crippen molar-refractivity contribution >= 4 is 46.7 Å². The summed E-state index contributed by atoms with van der Waals surface area (Å²) in [4.78, 5) is 43.8. The van der Waals surface area contributed by atoms with Crippen LogP contribution < -0.4 is 10.2 Å². The molecule has 2 saturated heterocycles. The van der Waals surface area contributed by atoms with Crippen LogP contribution in [0.4, 0.5) is 10.5 Å². The number of hydrogen-bond donors (Lipinski definition) is 1. The van der Waals surface area contributed by atoms with Crippen molar-refractivity contribution in [3.05, 3.63) is 63.6 Å². The van der Waals surface area contributed by atoms with Gasteiger partial charge >= 0.3 is 6.03 Å². The summed E-state index contributed by atoms with van der Waals surface area (Å²) < 4.78 is 0. The van der Waals surface area contributed by atoms with Crippen molar-refractivity contribution in [1.29, 1.82) is 5.26 Å². The molecule has 4 amide bonds. The number of rotatable bonds is 4. The van der Waals surface area contributed by atoms with Crippen molar-refractivity contribution in [1.82, 2.24) is 15.1 Å². The molecule has 170 valence electrons. The summed E-state index contributed by atoms with van der Waals surface area (Å²) in [6, 6.07) is 13.1. The van der Waals surface area contributed by atoms with Gasteiger partial charge in [-0.2, -0.15) is 5.26 Å². The third-order valence-corrected chi connectivity index (χ3v) is 6.76. The summed E-state index contributed by atoms with van der Waals surface area (Å²) in [6.45, 7) is 0.646. The number of benzene rings is 2. The molecule has 8 nitrogen and oxygen atoms in total. The Morgan fingerprint density at radius 1 is 1.18 bits per heavy atom. The highest BCUT2D eigenvalue weighted by molar-refractivity contribution is 6.35. The molecule has 2 aliphatic heterocycles. The fraction of sp³-hybridized carbons (Fsp3) is 0.304. The van der Waals surface area contributed by atoms with Crippen LogP contribution in [0.2, 0.25) is 10.0 Å². The minimum absolute atomic E-state index is 0.0866. The molecule has 0 radical (unpaired) electrons. The van der Waals surface area contributed by atoms with E-state index in [-0.39, 0.29) is 24.7 Å². The standard InChI is InChI=1S/C23H21Cl2N5O3/c1-27-20(31)12-29-11-19(15-5-3-14(10-26)4-6-15)23(13-29)21(32)30(22(33)28(23)2)18-8-16(24)7-17(25)9-18/h3-9,19H,11-13H2,1-2H3,(H,27,31)/t19-,23+/m0/s1. The molecule has 1 N–H and O–H groups in total. The first-order chi connectivity index (χ1) is 15.7. The lowest BCUT2D eigenvalue weighted by Crippen LogP contribution is -2.54. The number of nitrogens with one attached hydrogen (secondary N) is 1. The van der Waals surface area contributed by atoms with Crippen LogP contribution in [0.3, 0.4) is 0 Å². The highest BCUT2D eigenvalue weighted by Gasteiger charge is 2.64. The Balaban J connectivity index is 1.81. The predicted octanol–water partition coefficient (Wildman–Crippen LogP) is 2.85. The first kappa shape index (κ1) is 23.1. The minimum atomic E-state index is -1.24. The van der Waals surface area contributed by atoms with Crippen LogP contribution in [0.1, 0.15) is 17.0 Å². The van der Waals surface area contributed by atoms with Crippen molar-refractivity contribution in [2.24, 2.45) is 0 Å². The summed E-state index contributed by atoms with van der Waals surface area (Å²) in [6.07, 6.45) is 0. The van der Waals surface area contributed by atoms with E-state index in [2.05, 4.69) is 11.4 Å². The van der Waals surface area contributed by atoms with Crippen LogP contribution in [-0.4, -0.2) is 66.9 Å². The fourth-order valence-corrected chi connectivity index (χ4v) is 5.21. The molecule has 0 saturated carbocycles. The third kappa shape index (κ3) is 3.82. The normalized spacial score (nSPS) is 22.8. The molecule has 2 fully saturated rings. The number of amides is 4. The summed E-state index contributed by atoms with van der Waals surface area (Å²) >= 11 is 12.3. The molecule has 33 heavy (non-hydrogen) atoms. The fourth-order valence-electron chi connectivity index (χ4n) is 4.70. The van der Waals surface area contributed by atoms with Crippen molar-refractivity contribution in [3.8, 4) is 6.07 Å².